The Morgan fingerprint density at radius 3 is 2.42 bits per heavy atom. The molecule has 6 nitrogen and oxygen atoms in total. The summed E-state index contributed by atoms with van der Waals surface area (Å²) in [4.78, 5) is 26.2. The lowest BCUT2D eigenvalue weighted by Crippen LogP contribution is -2.47. The van der Waals surface area contributed by atoms with Crippen LogP contribution in [0.1, 0.15) is 26.7 Å². The molecule has 0 atom stereocenters. The minimum Gasteiger partial charge on any atom is -0.480 e. The van der Waals surface area contributed by atoms with Crippen molar-refractivity contribution in [2.75, 3.05) is 39.4 Å². The summed E-state index contributed by atoms with van der Waals surface area (Å²) in [5.74, 6) is -0.483. The zero-order valence-corrected chi connectivity index (χ0v) is 11.8. The van der Waals surface area contributed by atoms with E-state index in [0.717, 1.165) is 12.8 Å². The van der Waals surface area contributed by atoms with Crippen LogP contribution in [-0.4, -0.2) is 66.3 Å². The molecule has 19 heavy (non-hydrogen) atoms. The van der Waals surface area contributed by atoms with Crippen LogP contribution in [0.2, 0.25) is 0 Å². The summed E-state index contributed by atoms with van der Waals surface area (Å²) in [5.41, 5.74) is 0. The highest BCUT2D eigenvalue weighted by atomic mass is 16.5. The second-order valence-electron chi connectivity index (χ2n) is 4.78. The van der Waals surface area contributed by atoms with Crippen molar-refractivity contribution in [3.8, 4) is 0 Å². The number of urea groups is 1. The molecule has 0 aromatic carbocycles. The number of nitrogens with zero attached hydrogens (tertiary/aromatic N) is 2. The summed E-state index contributed by atoms with van der Waals surface area (Å²) in [6.07, 6.45) is 2.18. The molecule has 0 unspecified atom stereocenters. The summed E-state index contributed by atoms with van der Waals surface area (Å²) in [6, 6.07) is -0.198. The van der Waals surface area contributed by atoms with E-state index in [-0.39, 0.29) is 12.6 Å². The molecule has 1 rings (SSSR count). The fourth-order valence-corrected chi connectivity index (χ4v) is 1.89. The maximum absolute atomic E-state index is 12.3. The predicted octanol–water partition coefficient (Wildman–Crippen LogP) is 1.26. The first kappa shape index (κ1) is 15.8. The Labute approximate surface area is 114 Å². The molecule has 1 N–H and O–H groups in total. The topological polar surface area (TPSA) is 70.1 Å². The zero-order chi connectivity index (χ0) is 14.3. The van der Waals surface area contributed by atoms with Crippen LogP contribution in [0.15, 0.2) is 0 Å². The number of rotatable bonds is 9. The van der Waals surface area contributed by atoms with E-state index in [1.807, 2.05) is 13.8 Å². The minimum absolute atomic E-state index is 0.198. The molecule has 1 aliphatic rings. The van der Waals surface area contributed by atoms with Crippen molar-refractivity contribution in [1.29, 1.82) is 0 Å². The number of likely N-dealkylation sites (N-methyl/N-ethyl adjacent to an activating group) is 1. The summed E-state index contributed by atoms with van der Waals surface area (Å²) in [6.45, 7) is 6.29. The van der Waals surface area contributed by atoms with Gasteiger partial charge in [-0.05, 0) is 32.6 Å². The Morgan fingerprint density at radius 2 is 1.95 bits per heavy atom. The van der Waals surface area contributed by atoms with E-state index in [0.29, 0.717) is 38.8 Å². The van der Waals surface area contributed by atoms with Crippen LogP contribution in [-0.2, 0) is 9.53 Å². The number of carbonyl (C=O) groups is 2. The monoisotopic (exact) mass is 272 g/mol. The van der Waals surface area contributed by atoms with Gasteiger partial charge in [-0.2, -0.15) is 0 Å². The van der Waals surface area contributed by atoms with Crippen molar-refractivity contribution >= 4 is 12.0 Å². The second-order valence-corrected chi connectivity index (χ2v) is 4.78. The Balaban J connectivity index is 2.52. The molecule has 0 aliphatic heterocycles. The maximum Gasteiger partial charge on any atom is 0.323 e. The smallest absolute Gasteiger partial charge is 0.323 e. The van der Waals surface area contributed by atoms with Gasteiger partial charge in [-0.3, -0.25) is 4.79 Å². The maximum atomic E-state index is 12.3. The molecule has 0 aromatic rings. The van der Waals surface area contributed by atoms with Gasteiger partial charge in [-0.15, -0.1) is 0 Å². The van der Waals surface area contributed by atoms with Gasteiger partial charge in [0.1, 0.15) is 6.54 Å². The van der Waals surface area contributed by atoms with Crippen molar-refractivity contribution in [1.82, 2.24) is 9.80 Å². The Kier molecular flexibility index (Phi) is 6.62. The lowest BCUT2D eigenvalue weighted by molar-refractivity contribution is -0.137. The average molecular weight is 272 g/mol. The Hall–Kier alpha value is -1.30. The van der Waals surface area contributed by atoms with E-state index >= 15 is 0 Å². The number of ether oxygens (including phenoxy) is 1. The molecule has 0 radical (unpaired) electrons. The third-order valence-corrected chi connectivity index (χ3v) is 3.13. The molecule has 0 aromatic heterocycles. The van der Waals surface area contributed by atoms with Crippen molar-refractivity contribution in [2.24, 2.45) is 5.92 Å². The van der Waals surface area contributed by atoms with Crippen LogP contribution in [0.5, 0.6) is 0 Å². The van der Waals surface area contributed by atoms with Crippen molar-refractivity contribution < 1.29 is 19.4 Å². The van der Waals surface area contributed by atoms with Gasteiger partial charge in [0.05, 0.1) is 6.61 Å². The molecular weight excluding hydrogens is 248 g/mol. The number of carboxylic acid groups (broad SMARTS) is 1. The molecule has 0 bridgehead atoms. The number of aliphatic carboxylic acids is 1. The van der Waals surface area contributed by atoms with Gasteiger partial charge >= 0.3 is 12.0 Å². The molecular formula is C13H24N2O4. The fourth-order valence-electron chi connectivity index (χ4n) is 1.89. The number of carboxylic acids is 1. The van der Waals surface area contributed by atoms with E-state index in [1.54, 1.807) is 4.90 Å². The van der Waals surface area contributed by atoms with Gasteiger partial charge < -0.3 is 19.6 Å². The van der Waals surface area contributed by atoms with Gasteiger partial charge in [0.15, 0.2) is 0 Å². The fraction of sp³-hybridized carbons (Fsp3) is 0.846. The third-order valence-electron chi connectivity index (χ3n) is 3.13. The lowest BCUT2D eigenvalue weighted by atomic mass is 10.3. The largest absolute Gasteiger partial charge is 0.480 e. The first-order valence-corrected chi connectivity index (χ1v) is 6.91. The quantitative estimate of drug-likeness (QED) is 0.642. The highest BCUT2D eigenvalue weighted by molar-refractivity contribution is 5.80. The van der Waals surface area contributed by atoms with E-state index in [2.05, 4.69) is 0 Å². The van der Waals surface area contributed by atoms with Crippen molar-refractivity contribution in [3.05, 3.63) is 0 Å². The van der Waals surface area contributed by atoms with E-state index in [9.17, 15) is 9.59 Å². The molecule has 0 heterocycles. The second kappa shape index (κ2) is 7.99. The first-order valence-electron chi connectivity index (χ1n) is 6.91. The molecule has 2 amide bonds. The van der Waals surface area contributed by atoms with Crippen LogP contribution in [0.3, 0.4) is 0 Å². The Bertz CT molecular complexity index is 305. The van der Waals surface area contributed by atoms with Crippen molar-refractivity contribution in [2.45, 2.75) is 26.7 Å². The molecule has 0 spiro atoms. The first-order chi connectivity index (χ1) is 9.08. The van der Waals surface area contributed by atoms with Gasteiger partial charge in [0.2, 0.25) is 0 Å². The van der Waals surface area contributed by atoms with Crippen molar-refractivity contribution in [3.63, 3.8) is 0 Å². The SMILES string of the molecule is CCOCCN(CC)C(=O)N(CC(=O)O)CC1CC1. The molecule has 110 valence electrons. The standard InChI is InChI=1S/C13H24N2O4/c1-3-14(7-8-19-4-2)13(18)15(10-12(16)17)9-11-5-6-11/h11H,3-10H2,1-2H3,(H,16,17). The lowest BCUT2D eigenvalue weighted by Gasteiger charge is -2.29. The third kappa shape index (κ3) is 5.92. The van der Waals surface area contributed by atoms with Crippen LogP contribution in [0.4, 0.5) is 4.79 Å². The Morgan fingerprint density at radius 1 is 1.26 bits per heavy atom. The molecule has 6 heteroatoms. The van der Waals surface area contributed by atoms with Gasteiger partial charge in [-0.1, -0.05) is 0 Å². The molecule has 1 fully saturated rings. The number of carbonyl (C=O) groups excluding carboxylic acids is 1. The van der Waals surface area contributed by atoms with Crippen LogP contribution in [0, 0.1) is 5.92 Å². The molecule has 0 saturated heterocycles. The highest BCUT2D eigenvalue weighted by Gasteiger charge is 2.29. The average Bonchev–Trinajstić information content (AvgIpc) is 3.16. The number of amides is 2. The van der Waals surface area contributed by atoms with E-state index in [1.165, 1.54) is 4.90 Å². The van der Waals surface area contributed by atoms with Gasteiger partial charge in [0.25, 0.3) is 0 Å². The van der Waals surface area contributed by atoms with E-state index < -0.39 is 5.97 Å². The van der Waals surface area contributed by atoms with Crippen LogP contribution >= 0.6 is 0 Å². The normalized spacial score (nSPS) is 14.2. The van der Waals surface area contributed by atoms with Gasteiger partial charge in [0, 0.05) is 26.2 Å². The summed E-state index contributed by atoms with van der Waals surface area (Å²) in [5, 5.41) is 8.90. The van der Waals surface area contributed by atoms with E-state index in [4.69, 9.17) is 9.84 Å². The molecule has 1 saturated carbocycles. The van der Waals surface area contributed by atoms with Gasteiger partial charge in [-0.25, -0.2) is 4.79 Å². The predicted molar refractivity (Wildman–Crippen MR) is 71.1 cm³/mol. The number of hydrogen-bond acceptors (Lipinski definition) is 3. The van der Waals surface area contributed by atoms with Crippen LogP contribution < -0.4 is 0 Å². The summed E-state index contributed by atoms with van der Waals surface area (Å²) < 4.78 is 5.24. The zero-order valence-electron chi connectivity index (χ0n) is 11.8. The minimum atomic E-state index is -0.963. The van der Waals surface area contributed by atoms with Crippen LogP contribution in [0.25, 0.3) is 0 Å². The summed E-state index contributed by atoms with van der Waals surface area (Å²) in [7, 11) is 0. The summed E-state index contributed by atoms with van der Waals surface area (Å²) >= 11 is 0. The highest BCUT2D eigenvalue weighted by Crippen LogP contribution is 2.29. The number of hydrogen-bond donors (Lipinski definition) is 1. The molecule has 1 aliphatic carbocycles.